The Morgan fingerprint density at radius 3 is 2.50 bits per heavy atom. The van der Waals surface area contributed by atoms with Crippen molar-refractivity contribution >= 4 is 11.6 Å². The van der Waals surface area contributed by atoms with Gasteiger partial charge in [0.1, 0.15) is 5.88 Å². The SMILES string of the molecule is CC12CC3CC(C1)CC(c1nnc(CCl)o1)(C3)C2. The Morgan fingerprint density at radius 1 is 1.22 bits per heavy atom. The van der Waals surface area contributed by atoms with E-state index in [1.807, 2.05) is 0 Å². The number of halogens is 1. The summed E-state index contributed by atoms with van der Waals surface area (Å²) in [4.78, 5) is 0. The monoisotopic (exact) mass is 266 g/mol. The lowest BCUT2D eigenvalue weighted by atomic mass is 9.44. The van der Waals surface area contributed by atoms with Crippen LogP contribution in [0.25, 0.3) is 0 Å². The van der Waals surface area contributed by atoms with E-state index in [-0.39, 0.29) is 5.41 Å². The van der Waals surface area contributed by atoms with Gasteiger partial charge in [0.2, 0.25) is 11.8 Å². The highest BCUT2D eigenvalue weighted by Gasteiger charge is 2.58. The first kappa shape index (κ1) is 11.3. The molecule has 1 heterocycles. The van der Waals surface area contributed by atoms with Crippen molar-refractivity contribution in [1.29, 1.82) is 0 Å². The maximum Gasteiger partial charge on any atom is 0.231 e. The molecule has 4 bridgehead atoms. The molecular formula is C14H19ClN2O. The van der Waals surface area contributed by atoms with Crippen molar-refractivity contribution in [2.45, 2.75) is 56.7 Å². The van der Waals surface area contributed by atoms with Crippen LogP contribution in [0.1, 0.15) is 57.2 Å². The van der Waals surface area contributed by atoms with Gasteiger partial charge in [-0.2, -0.15) is 0 Å². The summed E-state index contributed by atoms with van der Waals surface area (Å²) in [5.41, 5.74) is 0.690. The molecule has 18 heavy (non-hydrogen) atoms. The van der Waals surface area contributed by atoms with Crippen LogP contribution < -0.4 is 0 Å². The molecule has 0 spiro atoms. The zero-order chi connectivity index (χ0) is 12.4. The first-order valence-electron chi connectivity index (χ1n) is 7.00. The Morgan fingerprint density at radius 2 is 1.94 bits per heavy atom. The van der Waals surface area contributed by atoms with E-state index in [2.05, 4.69) is 17.1 Å². The topological polar surface area (TPSA) is 38.9 Å². The van der Waals surface area contributed by atoms with Crippen LogP contribution in [0.4, 0.5) is 0 Å². The van der Waals surface area contributed by atoms with Crippen molar-refractivity contribution in [3.63, 3.8) is 0 Å². The van der Waals surface area contributed by atoms with E-state index in [4.69, 9.17) is 16.0 Å². The number of alkyl halides is 1. The number of hydrogen-bond donors (Lipinski definition) is 0. The Kier molecular flexibility index (Phi) is 2.19. The lowest BCUT2D eigenvalue weighted by Crippen LogP contribution is -2.53. The van der Waals surface area contributed by atoms with E-state index >= 15 is 0 Å². The standard InChI is InChI=1S/C14H19ClN2O/c1-13-3-9-2-10(4-13)6-14(5-9,8-13)12-17-16-11(7-15)18-12/h9-10H,2-8H2,1H3. The minimum absolute atomic E-state index is 0.177. The second-order valence-electron chi connectivity index (χ2n) is 7.19. The Labute approximate surface area is 112 Å². The largest absolute Gasteiger partial charge is 0.423 e. The fourth-order valence-electron chi connectivity index (χ4n) is 5.49. The molecule has 4 heteroatoms. The highest BCUT2D eigenvalue weighted by molar-refractivity contribution is 6.16. The van der Waals surface area contributed by atoms with Gasteiger partial charge in [0.15, 0.2) is 0 Å². The van der Waals surface area contributed by atoms with Crippen molar-refractivity contribution in [1.82, 2.24) is 10.2 Å². The van der Waals surface area contributed by atoms with E-state index in [9.17, 15) is 0 Å². The third-order valence-electron chi connectivity index (χ3n) is 5.39. The van der Waals surface area contributed by atoms with Gasteiger partial charge >= 0.3 is 0 Å². The molecule has 0 aromatic carbocycles. The first-order valence-corrected chi connectivity index (χ1v) is 7.53. The minimum atomic E-state index is 0.177. The Balaban J connectivity index is 1.74. The van der Waals surface area contributed by atoms with Gasteiger partial charge in [0, 0.05) is 5.41 Å². The smallest absolute Gasteiger partial charge is 0.231 e. The molecule has 2 unspecified atom stereocenters. The van der Waals surface area contributed by atoms with E-state index in [0.29, 0.717) is 17.2 Å². The van der Waals surface area contributed by atoms with E-state index in [1.165, 1.54) is 38.5 Å². The molecule has 4 aliphatic carbocycles. The Bertz CT molecular complexity index is 470. The quantitative estimate of drug-likeness (QED) is 0.767. The van der Waals surface area contributed by atoms with Gasteiger partial charge in [-0.3, -0.25) is 0 Å². The molecule has 2 atom stereocenters. The van der Waals surface area contributed by atoms with Gasteiger partial charge < -0.3 is 4.42 Å². The Hall–Kier alpha value is -0.570. The van der Waals surface area contributed by atoms with Gasteiger partial charge in [0.05, 0.1) is 0 Å². The fourth-order valence-corrected chi connectivity index (χ4v) is 5.60. The van der Waals surface area contributed by atoms with Crippen molar-refractivity contribution in [3.8, 4) is 0 Å². The number of rotatable bonds is 2. The molecule has 4 saturated carbocycles. The summed E-state index contributed by atoms with van der Waals surface area (Å²) in [6.45, 7) is 2.46. The van der Waals surface area contributed by atoms with Gasteiger partial charge in [0.25, 0.3) is 0 Å². The average molecular weight is 267 g/mol. The molecule has 0 radical (unpaired) electrons. The predicted molar refractivity (Wildman–Crippen MR) is 68.3 cm³/mol. The van der Waals surface area contributed by atoms with Crippen LogP contribution in [-0.4, -0.2) is 10.2 Å². The van der Waals surface area contributed by atoms with E-state index in [1.54, 1.807) is 0 Å². The van der Waals surface area contributed by atoms with Gasteiger partial charge in [-0.25, -0.2) is 0 Å². The summed E-state index contributed by atoms with van der Waals surface area (Å²) in [5.74, 6) is 3.53. The summed E-state index contributed by atoms with van der Waals surface area (Å²) in [7, 11) is 0. The van der Waals surface area contributed by atoms with Crippen molar-refractivity contribution < 1.29 is 4.42 Å². The molecule has 0 amide bonds. The summed E-state index contributed by atoms with van der Waals surface area (Å²) < 4.78 is 5.81. The van der Waals surface area contributed by atoms with Crippen LogP contribution in [0.5, 0.6) is 0 Å². The molecule has 1 aromatic heterocycles. The molecule has 98 valence electrons. The highest BCUT2D eigenvalue weighted by Crippen LogP contribution is 2.65. The summed E-state index contributed by atoms with van der Waals surface area (Å²) >= 11 is 5.78. The fraction of sp³-hybridized carbons (Fsp3) is 0.857. The van der Waals surface area contributed by atoms with Gasteiger partial charge in [-0.15, -0.1) is 21.8 Å². The number of hydrogen-bond acceptors (Lipinski definition) is 3. The van der Waals surface area contributed by atoms with E-state index in [0.717, 1.165) is 17.7 Å². The van der Waals surface area contributed by atoms with Crippen LogP contribution >= 0.6 is 11.6 Å². The van der Waals surface area contributed by atoms with Crippen molar-refractivity contribution in [2.75, 3.05) is 0 Å². The summed E-state index contributed by atoms with van der Waals surface area (Å²) in [5, 5.41) is 8.37. The number of aromatic nitrogens is 2. The van der Waals surface area contributed by atoms with Crippen LogP contribution in [0.3, 0.4) is 0 Å². The van der Waals surface area contributed by atoms with Crippen LogP contribution in [0, 0.1) is 17.3 Å². The maximum absolute atomic E-state index is 5.81. The van der Waals surface area contributed by atoms with Crippen molar-refractivity contribution in [2.24, 2.45) is 17.3 Å². The van der Waals surface area contributed by atoms with E-state index < -0.39 is 0 Å². The lowest BCUT2D eigenvalue weighted by Gasteiger charge is -2.60. The highest BCUT2D eigenvalue weighted by atomic mass is 35.5. The van der Waals surface area contributed by atoms with Crippen LogP contribution in [0.15, 0.2) is 4.42 Å². The zero-order valence-corrected chi connectivity index (χ0v) is 11.5. The number of nitrogens with zero attached hydrogens (tertiary/aromatic N) is 2. The third kappa shape index (κ3) is 1.49. The molecule has 4 aliphatic rings. The predicted octanol–water partition coefficient (Wildman–Crippen LogP) is 3.67. The molecule has 3 nitrogen and oxygen atoms in total. The van der Waals surface area contributed by atoms with Gasteiger partial charge in [-0.05, 0) is 55.8 Å². The van der Waals surface area contributed by atoms with Crippen LogP contribution in [0.2, 0.25) is 0 Å². The van der Waals surface area contributed by atoms with Gasteiger partial charge in [-0.1, -0.05) is 6.92 Å². The molecule has 0 N–H and O–H groups in total. The van der Waals surface area contributed by atoms with Crippen LogP contribution in [-0.2, 0) is 11.3 Å². The molecule has 1 aromatic rings. The zero-order valence-electron chi connectivity index (χ0n) is 10.8. The minimum Gasteiger partial charge on any atom is -0.423 e. The average Bonchev–Trinajstić information content (AvgIpc) is 2.74. The molecule has 5 rings (SSSR count). The first-order chi connectivity index (χ1) is 8.61. The molecule has 0 saturated heterocycles. The summed E-state index contributed by atoms with van der Waals surface area (Å²) in [6.07, 6.45) is 7.97. The summed E-state index contributed by atoms with van der Waals surface area (Å²) in [6, 6.07) is 0. The normalized spacial score (nSPS) is 45.7. The molecular weight excluding hydrogens is 248 g/mol. The van der Waals surface area contributed by atoms with Crippen molar-refractivity contribution in [3.05, 3.63) is 11.8 Å². The second kappa shape index (κ2) is 3.50. The molecule has 0 aliphatic heterocycles. The lowest BCUT2D eigenvalue weighted by molar-refractivity contribution is -0.0712. The third-order valence-corrected chi connectivity index (χ3v) is 5.62. The second-order valence-corrected chi connectivity index (χ2v) is 7.45. The maximum atomic E-state index is 5.81. The molecule has 4 fully saturated rings.